The summed E-state index contributed by atoms with van der Waals surface area (Å²) in [6, 6.07) is 0.685. The number of nitrogens with two attached hydrogens (primary N) is 1. The van der Waals surface area contributed by atoms with E-state index in [0.717, 1.165) is 38.9 Å². The van der Waals surface area contributed by atoms with Crippen molar-refractivity contribution < 1.29 is 4.42 Å². The molecule has 0 aliphatic rings. The Bertz CT molecular complexity index is 356. The second kappa shape index (κ2) is 11.7. The molecule has 0 radical (unpaired) electrons. The van der Waals surface area contributed by atoms with Crippen LogP contribution in [0.5, 0.6) is 0 Å². The molecule has 1 unspecified atom stereocenters. The molecule has 0 amide bonds. The summed E-state index contributed by atoms with van der Waals surface area (Å²) in [6.07, 6.45) is 6.73. The van der Waals surface area contributed by atoms with Crippen molar-refractivity contribution in [1.29, 1.82) is 0 Å². The lowest BCUT2D eigenvalue weighted by Gasteiger charge is -2.15. The van der Waals surface area contributed by atoms with Crippen LogP contribution in [0.1, 0.15) is 57.7 Å². The molecule has 0 saturated heterocycles. The molecule has 21 heavy (non-hydrogen) atoms. The van der Waals surface area contributed by atoms with E-state index in [9.17, 15) is 0 Å². The quantitative estimate of drug-likeness (QED) is 0.479. The third-order valence-electron chi connectivity index (χ3n) is 3.52. The first-order chi connectivity index (χ1) is 10.3. The Morgan fingerprint density at radius 3 is 2.52 bits per heavy atom. The Hall–Kier alpha value is -0.980. The molecule has 1 aromatic rings. The number of aryl methyl sites for hydroxylation is 1. The maximum absolute atomic E-state index is 5.42. The maximum atomic E-state index is 5.42. The lowest BCUT2D eigenvalue weighted by molar-refractivity contribution is 0.439. The zero-order valence-corrected chi connectivity index (χ0v) is 13.5. The van der Waals surface area contributed by atoms with Crippen LogP contribution in [0.3, 0.4) is 0 Å². The molecule has 6 nitrogen and oxygen atoms in total. The number of hydrogen-bond acceptors (Lipinski definition) is 6. The van der Waals surface area contributed by atoms with E-state index in [1.165, 1.54) is 19.3 Å². The van der Waals surface area contributed by atoms with Crippen LogP contribution in [-0.4, -0.2) is 35.9 Å². The van der Waals surface area contributed by atoms with E-state index in [2.05, 4.69) is 34.7 Å². The van der Waals surface area contributed by atoms with Gasteiger partial charge < -0.3 is 20.8 Å². The van der Waals surface area contributed by atoms with E-state index in [1.54, 1.807) is 0 Å². The molecule has 122 valence electrons. The van der Waals surface area contributed by atoms with Crippen LogP contribution in [0.25, 0.3) is 0 Å². The molecule has 0 bridgehead atoms. The largest absolute Gasteiger partial charge is 0.424 e. The van der Waals surface area contributed by atoms with Crippen LogP contribution in [0.2, 0.25) is 0 Å². The minimum Gasteiger partial charge on any atom is -0.424 e. The van der Waals surface area contributed by atoms with Gasteiger partial charge in [-0.05, 0) is 45.3 Å². The van der Waals surface area contributed by atoms with Crippen molar-refractivity contribution in [1.82, 2.24) is 20.8 Å². The Balaban J connectivity index is 1.92. The average Bonchev–Trinajstić information content (AvgIpc) is 2.96. The summed E-state index contributed by atoms with van der Waals surface area (Å²) in [5, 5.41) is 14.8. The summed E-state index contributed by atoms with van der Waals surface area (Å²) in [7, 11) is 0. The number of nitrogens with one attached hydrogen (secondary N) is 2. The summed E-state index contributed by atoms with van der Waals surface area (Å²) in [4.78, 5) is 0. The zero-order chi connectivity index (χ0) is 15.3. The monoisotopic (exact) mass is 297 g/mol. The predicted molar refractivity (Wildman–Crippen MR) is 85.0 cm³/mol. The van der Waals surface area contributed by atoms with Gasteiger partial charge in [0.25, 0.3) is 0 Å². The van der Waals surface area contributed by atoms with Crippen molar-refractivity contribution in [2.75, 3.05) is 19.6 Å². The fourth-order valence-electron chi connectivity index (χ4n) is 2.28. The minimum absolute atomic E-state index is 0.315. The van der Waals surface area contributed by atoms with Crippen LogP contribution in [0.15, 0.2) is 4.42 Å². The third kappa shape index (κ3) is 8.14. The smallest absolute Gasteiger partial charge is 0.230 e. The second-order valence-corrected chi connectivity index (χ2v) is 5.35. The average molecular weight is 297 g/mol. The fraction of sp³-hybridized carbons (Fsp3) is 0.867. The summed E-state index contributed by atoms with van der Waals surface area (Å²) >= 11 is 0. The molecule has 1 rings (SSSR count). The van der Waals surface area contributed by atoms with Gasteiger partial charge in [0.2, 0.25) is 11.8 Å². The first kappa shape index (κ1) is 18.1. The van der Waals surface area contributed by atoms with E-state index in [4.69, 9.17) is 10.2 Å². The maximum Gasteiger partial charge on any atom is 0.230 e. The molecule has 6 heteroatoms. The topological polar surface area (TPSA) is 89.0 Å². The van der Waals surface area contributed by atoms with Crippen LogP contribution >= 0.6 is 0 Å². The number of hydrogen-bond donors (Lipinski definition) is 3. The molecule has 0 aliphatic carbocycles. The SMILES string of the molecule is CCCC(CC)NCCCNCCCc1nnc(CN)o1. The van der Waals surface area contributed by atoms with Gasteiger partial charge in [-0.15, -0.1) is 10.2 Å². The van der Waals surface area contributed by atoms with Crippen molar-refractivity contribution in [3.05, 3.63) is 11.8 Å². The van der Waals surface area contributed by atoms with Crippen molar-refractivity contribution in [2.45, 2.75) is 65.0 Å². The van der Waals surface area contributed by atoms with Gasteiger partial charge in [0.05, 0.1) is 6.54 Å². The summed E-state index contributed by atoms with van der Waals surface area (Å²) < 4.78 is 5.35. The number of nitrogens with zero attached hydrogens (tertiary/aromatic N) is 2. The van der Waals surface area contributed by atoms with E-state index in [-0.39, 0.29) is 0 Å². The lowest BCUT2D eigenvalue weighted by Crippen LogP contribution is -2.31. The van der Waals surface area contributed by atoms with Crippen LogP contribution < -0.4 is 16.4 Å². The molecular formula is C15H31N5O. The minimum atomic E-state index is 0.315. The highest BCUT2D eigenvalue weighted by atomic mass is 16.4. The standard InChI is InChI=1S/C15H31N5O/c1-3-7-13(4-2)18-11-6-10-17-9-5-8-14-19-20-15(12-16)21-14/h13,17-18H,3-12,16H2,1-2H3. The molecule has 4 N–H and O–H groups in total. The molecule has 0 aliphatic heterocycles. The Labute approximate surface area is 128 Å². The van der Waals surface area contributed by atoms with E-state index >= 15 is 0 Å². The molecule has 0 spiro atoms. The highest BCUT2D eigenvalue weighted by molar-refractivity contribution is 4.81. The van der Waals surface area contributed by atoms with Gasteiger partial charge in [-0.25, -0.2) is 0 Å². The van der Waals surface area contributed by atoms with E-state index in [1.807, 2.05) is 0 Å². The fourth-order valence-corrected chi connectivity index (χ4v) is 2.28. The highest BCUT2D eigenvalue weighted by Gasteiger charge is 2.04. The van der Waals surface area contributed by atoms with Crippen LogP contribution in [-0.2, 0) is 13.0 Å². The molecule has 0 saturated carbocycles. The van der Waals surface area contributed by atoms with Crippen molar-refractivity contribution in [3.63, 3.8) is 0 Å². The molecule has 1 aromatic heterocycles. The van der Waals surface area contributed by atoms with Crippen LogP contribution in [0, 0.1) is 0 Å². The Morgan fingerprint density at radius 1 is 1.10 bits per heavy atom. The lowest BCUT2D eigenvalue weighted by atomic mass is 10.1. The molecule has 0 aromatic carbocycles. The van der Waals surface area contributed by atoms with Gasteiger partial charge in [-0.3, -0.25) is 0 Å². The van der Waals surface area contributed by atoms with E-state index < -0.39 is 0 Å². The van der Waals surface area contributed by atoms with Crippen molar-refractivity contribution in [3.8, 4) is 0 Å². The molecule has 1 heterocycles. The van der Waals surface area contributed by atoms with Gasteiger partial charge >= 0.3 is 0 Å². The first-order valence-corrected chi connectivity index (χ1v) is 8.25. The zero-order valence-electron chi connectivity index (χ0n) is 13.5. The van der Waals surface area contributed by atoms with E-state index in [0.29, 0.717) is 24.4 Å². The van der Waals surface area contributed by atoms with Gasteiger partial charge in [0.15, 0.2) is 0 Å². The Kier molecular flexibility index (Phi) is 10.0. The predicted octanol–water partition coefficient (Wildman–Crippen LogP) is 1.61. The van der Waals surface area contributed by atoms with Crippen molar-refractivity contribution in [2.24, 2.45) is 5.73 Å². The van der Waals surface area contributed by atoms with Gasteiger partial charge in [-0.2, -0.15) is 0 Å². The number of rotatable bonds is 13. The Morgan fingerprint density at radius 2 is 1.86 bits per heavy atom. The first-order valence-electron chi connectivity index (χ1n) is 8.25. The number of aromatic nitrogens is 2. The van der Waals surface area contributed by atoms with Gasteiger partial charge in [0, 0.05) is 12.5 Å². The summed E-state index contributed by atoms with van der Waals surface area (Å²) in [5.74, 6) is 1.20. The van der Waals surface area contributed by atoms with Crippen LogP contribution in [0.4, 0.5) is 0 Å². The summed E-state index contributed by atoms with van der Waals surface area (Å²) in [6.45, 7) is 7.93. The summed E-state index contributed by atoms with van der Waals surface area (Å²) in [5.41, 5.74) is 5.42. The third-order valence-corrected chi connectivity index (χ3v) is 3.52. The molecular weight excluding hydrogens is 266 g/mol. The highest BCUT2D eigenvalue weighted by Crippen LogP contribution is 2.02. The van der Waals surface area contributed by atoms with Gasteiger partial charge in [0.1, 0.15) is 0 Å². The van der Waals surface area contributed by atoms with Crippen molar-refractivity contribution >= 4 is 0 Å². The van der Waals surface area contributed by atoms with Gasteiger partial charge in [-0.1, -0.05) is 20.3 Å². The molecule has 0 fully saturated rings. The normalized spacial score (nSPS) is 12.7. The second-order valence-electron chi connectivity index (χ2n) is 5.35. The molecule has 1 atom stereocenters.